The van der Waals surface area contributed by atoms with Gasteiger partial charge < -0.3 is 10.5 Å². The van der Waals surface area contributed by atoms with E-state index >= 15 is 0 Å². The van der Waals surface area contributed by atoms with Gasteiger partial charge in [-0.25, -0.2) is 0 Å². The van der Waals surface area contributed by atoms with Crippen molar-refractivity contribution in [2.24, 2.45) is 10.1 Å². The monoisotopic (exact) mass is 397 g/mol. The summed E-state index contributed by atoms with van der Waals surface area (Å²) in [6.45, 7) is 7.93. The summed E-state index contributed by atoms with van der Waals surface area (Å²) in [6.07, 6.45) is 1.99. The molecule has 1 aromatic rings. The molecule has 1 aromatic carbocycles. The topological polar surface area (TPSA) is 118 Å². The molecule has 0 spiro atoms. The molecule has 0 radical (unpaired) electrons. The number of ether oxygens (including phenoxy) is 1. The maximum absolute atomic E-state index is 11.7. The fourth-order valence-electron chi connectivity index (χ4n) is 3.00. The Labute approximate surface area is 160 Å². The first-order chi connectivity index (χ1) is 12.6. The molecule has 1 atom stereocenters. The molecule has 1 fully saturated rings. The summed E-state index contributed by atoms with van der Waals surface area (Å²) >= 11 is 0. The van der Waals surface area contributed by atoms with Gasteiger partial charge in [0.05, 0.1) is 17.3 Å². The van der Waals surface area contributed by atoms with Gasteiger partial charge in [0, 0.05) is 12.1 Å². The van der Waals surface area contributed by atoms with Crippen molar-refractivity contribution in [1.29, 1.82) is 0 Å². The lowest BCUT2D eigenvalue weighted by molar-refractivity contribution is -0.182. The molecular weight excluding hydrogens is 370 g/mol. The Morgan fingerprint density at radius 3 is 2.93 bits per heavy atom. The van der Waals surface area contributed by atoms with Crippen LogP contribution in [0.2, 0.25) is 0 Å². The van der Waals surface area contributed by atoms with Crippen molar-refractivity contribution >= 4 is 21.7 Å². The fourth-order valence-corrected chi connectivity index (χ4v) is 3.84. The van der Waals surface area contributed by atoms with Gasteiger partial charge in [0.1, 0.15) is 19.1 Å². The van der Waals surface area contributed by atoms with Crippen molar-refractivity contribution in [2.75, 3.05) is 24.6 Å². The molecule has 0 saturated carbocycles. The van der Waals surface area contributed by atoms with Crippen LogP contribution in [0.15, 0.2) is 22.6 Å². The third-order valence-corrected chi connectivity index (χ3v) is 5.24. The van der Waals surface area contributed by atoms with Crippen molar-refractivity contribution in [3.8, 4) is 5.75 Å². The Hall–Kier alpha value is -1.88. The van der Waals surface area contributed by atoms with Gasteiger partial charge in [-0.2, -0.15) is 13.5 Å². The number of benzene rings is 1. The van der Waals surface area contributed by atoms with Crippen LogP contribution < -0.4 is 20.5 Å². The number of amidine groups is 1. The van der Waals surface area contributed by atoms with Crippen LogP contribution >= 0.6 is 0 Å². The van der Waals surface area contributed by atoms with Gasteiger partial charge in [0.15, 0.2) is 5.84 Å². The van der Waals surface area contributed by atoms with Crippen LogP contribution in [0, 0.1) is 0 Å². The van der Waals surface area contributed by atoms with Crippen molar-refractivity contribution in [3.63, 3.8) is 0 Å². The van der Waals surface area contributed by atoms with E-state index in [1.165, 1.54) is 0 Å². The van der Waals surface area contributed by atoms with E-state index in [1.807, 2.05) is 5.06 Å². The largest absolute Gasteiger partial charge is 0.491 e. The molecule has 2 aliphatic rings. The molecule has 4 N–H and O–H groups in total. The normalized spacial score (nSPS) is 22.0. The molecule has 27 heavy (non-hydrogen) atoms. The Balaban J connectivity index is 1.64. The van der Waals surface area contributed by atoms with E-state index in [2.05, 4.69) is 35.2 Å². The molecule has 2 heterocycles. The number of hydroxylamine groups is 2. The van der Waals surface area contributed by atoms with Crippen molar-refractivity contribution in [3.05, 3.63) is 23.8 Å². The lowest BCUT2D eigenvalue weighted by atomic mass is 10.1. The first-order valence-electron chi connectivity index (χ1n) is 8.93. The van der Waals surface area contributed by atoms with Crippen LogP contribution in [0.25, 0.3) is 0 Å². The van der Waals surface area contributed by atoms with Crippen molar-refractivity contribution in [2.45, 2.75) is 45.2 Å². The second-order valence-corrected chi connectivity index (χ2v) is 9.02. The van der Waals surface area contributed by atoms with Crippen LogP contribution in [0.4, 0.5) is 5.69 Å². The number of nitrogens with zero attached hydrogens (tertiary/aromatic N) is 2. The smallest absolute Gasteiger partial charge is 0.344 e. The lowest BCUT2D eigenvalue weighted by Gasteiger charge is -2.27. The van der Waals surface area contributed by atoms with Crippen LogP contribution in [-0.2, 0) is 15.0 Å². The average molecular weight is 398 g/mol. The van der Waals surface area contributed by atoms with E-state index in [9.17, 15) is 8.42 Å². The molecule has 150 valence electrons. The Bertz CT molecular complexity index is 819. The van der Waals surface area contributed by atoms with E-state index in [4.69, 9.17) is 15.3 Å². The third kappa shape index (κ3) is 5.10. The van der Waals surface area contributed by atoms with Gasteiger partial charge in [-0.05, 0) is 45.7 Å². The Morgan fingerprint density at radius 1 is 1.41 bits per heavy atom. The quantitative estimate of drug-likeness (QED) is 0.617. The maximum Gasteiger partial charge on any atom is 0.344 e. The van der Waals surface area contributed by atoms with E-state index in [1.54, 1.807) is 18.2 Å². The molecule has 0 amide bonds. The van der Waals surface area contributed by atoms with Gasteiger partial charge in [-0.15, -0.1) is 4.40 Å². The number of rotatable bonds is 6. The number of nitrogens with two attached hydrogens (primary N) is 1. The second kappa shape index (κ2) is 7.63. The zero-order valence-electron chi connectivity index (χ0n) is 15.9. The summed E-state index contributed by atoms with van der Waals surface area (Å²) < 4.78 is 35.2. The molecule has 1 saturated heterocycles. The second-order valence-electron chi connectivity index (χ2n) is 7.68. The molecule has 10 heteroatoms. The predicted molar refractivity (Wildman–Crippen MR) is 104 cm³/mol. The zero-order chi connectivity index (χ0) is 19.7. The molecular formula is C17H27N5O4S. The van der Waals surface area contributed by atoms with Gasteiger partial charge in [-0.1, -0.05) is 6.07 Å². The molecule has 2 aliphatic heterocycles. The van der Waals surface area contributed by atoms with Crippen LogP contribution in [0.3, 0.4) is 0 Å². The summed E-state index contributed by atoms with van der Waals surface area (Å²) in [5.74, 6) is 0.420. The van der Waals surface area contributed by atoms with E-state index < -0.39 is 10.2 Å². The Morgan fingerprint density at radius 2 is 2.19 bits per heavy atom. The Kier molecular flexibility index (Phi) is 5.61. The van der Waals surface area contributed by atoms with Gasteiger partial charge in [-0.3, -0.25) is 14.9 Å². The van der Waals surface area contributed by atoms with E-state index in [0.717, 1.165) is 19.4 Å². The highest BCUT2D eigenvalue weighted by Crippen LogP contribution is 2.31. The highest BCUT2D eigenvalue weighted by molar-refractivity contribution is 7.91. The highest BCUT2D eigenvalue weighted by Gasteiger charge is 2.28. The summed E-state index contributed by atoms with van der Waals surface area (Å²) in [4.78, 5) is 5.84. The SMILES string of the molecule is CC(C)(C)NCON1CCC[C@@H]1COc1cccc2c1C(N)=NS(=O)(=O)N2. The van der Waals surface area contributed by atoms with Crippen LogP contribution in [-0.4, -0.2) is 50.8 Å². The van der Waals surface area contributed by atoms with Gasteiger partial charge in [0.25, 0.3) is 0 Å². The third-order valence-electron chi connectivity index (χ3n) is 4.33. The number of fused-ring (bicyclic) bond motifs is 1. The van der Waals surface area contributed by atoms with Gasteiger partial charge in [0.2, 0.25) is 0 Å². The summed E-state index contributed by atoms with van der Waals surface area (Å²) in [7, 11) is -3.80. The zero-order valence-corrected chi connectivity index (χ0v) is 16.7. The molecule has 9 nitrogen and oxygen atoms in total. The van der Waals surface area contributed by atoms with Crippen molar-refractivity contribution in [1.82, 2.24) is 10.4 Å². The summed E-state index contributed by atoms with van der Waals surface area (Å²) in [6, 6.07) is 5.21. The minimum atomic E-state index is -3.80. The highest BCUT2D eigenvalue weighted by atomic mass is 32.2. The standard InChI is InChI=1S/C17H27N5O4S/c1-17(2,3)19-11-26-22-9-5-6-12(22)10-25-14-8-4-7-13-15(14)16(18)21-27(23,24)20-13/h4,7-8,12,19-20H,5-6,9-11H2,1-3H3,(H2,18,21)/t12-/m1/s1. The first-order valence-corrected chi connectivity index (χ1v) is 10.4. The van der Waals surface area contributed by atoms with Crippen molar-refractivity contribution < 1.29 is 18.0 Å². The summed E-state index contributed by atoms with van der Waals surface area (Å²) in [5.41, 5.74) is 6.67. The minimum absolute atomic E-state index is 0.0149. The number of anilines is 1. The van der Waals surface area contributed by atoms with Crippen LogP contribution in [0.1, 0.15) is 39.2 Å². The number of hydrogen-bond donors (Lipinski definition) is 3. The number of nitrogens with one attached hydrogen (secondary N) is 2. The summed E-state index contributed by atoms with van der Waals surface area (Å²) in [5, 5.41) is 5.23. The minimum Gasteiger partial charge on any atom is -0.491 e. The molecule has 0 bridgehead atoms. The van der Waals surface area contributed by atoms with E-state index in [0.29, 0.717) is 30.3 Å². The molecule has 0 aromatic heterocycles. The molecule has 3 rings (SSSR count). The first kappa shape index (κ1) is 19.9. The van der Waals surface area contributed by atoms with E-state index in [-0.39, 0.29) is 17.4 Å². The molecule has 0 unspecified atom stereocenters. The lowest BCUT2D eigenvalue weighted by Crippen LogP contribution is -2.42. The van der Waals surface area contributed by atoms with Gasteiger partial charge >= 0.3 is 10.2 Å². The van der Waals surface area contributed by atoms with Crippen LogP contribution in [0.5, 0.6) is 5.75 Å². The molecule has 0 aliphatic carbocycles. The average Bonchev–Trinajstić information content (AvgIpc) is 2.97. The maximum atomic E-state index is 11.7. The predicted octanol–water partition coefficient (Wildman–Crippen LogP) is 1.18. The fraction of sp³-hybridized carbons (Fsp3) is 0.588. The number of hydrogen-bond acceptors (Lipinski definition) is 7.